The summed E-state index contributed by atoms with van der Waals surface area (Å²) in [5.41, 5.74) is 2.69. The maximum absolute atomic E-state index is 12.2. The third-order valence-electron chi connectivity index (χ3n) is 4.91. The van der Waals surface area contributed by atoms with E-state index in [1.54, 1.807) is 14.2 Å². The monoisotopic (exact) mass is 554 g/mol. The van der Waals surface area contributed by atoms with Crippen LogP contribution in [0.15, 0.2) is 47.5 Å². The minimum atomic E-state index is -0.0483. The van der Waals surface area contributed by atoms with Crippen molar-refractivity contribution in [2.24, 2.45) is 4.99 Å². The van der Waals surface area contributed by atoms with E-state index in [1.165, 1.54) is 0 Å². The van der Waals surface area contributed by atoms with E-state index < -0.39 is 0 Å². The Morgan fingerprint density at radius 1 is 1.03 bits per heavy atom. The minimum absolute atomic E-state index is 0. The average Bonchev–Trinajstić information content (AvgIpc) is 2.80. The number of aliphatic imine (C=N–C) groups is 1. The number of halogens is 1. The van der Waals surface area contributed by atoms with Crippen molar-refractivity contribution in [3.63, 3.8) is 0 Å². The lowest BCUT2D eigenvalue weighted by molar-refractivity contribution is 0.0939. The zero-order chi connectivity index (χ0) is 22.6. The normalized spacial score (nSPS) is 11.7. The van der Waals surface area contributed by atoms with Crippen LogP contribution in [-0.2, 0) is 13.1 Å². The van der Waals surface area contributed by atoms with Crippen molar-refractivity contribution in [1.82, 2.24) is 16.0 Å². The number of rotatable bonds is 10. The first-order chi connectivity index (χ1) is 15.0. The molecule has 32 heavy (non-hydrogen) atoms. The van der Waals surface area contributed by atoms with Crippen molar-refractivity contribution in [2.45, 2.75) is 46.3 Å². The summed E-state index contributed by atoms with van der Waals surface area (Å²) in [6.07, 6.45) is 0.904. The highest BCUT2D eigenvalue weighted by molar-refractivity contribution is 14.0. The fraction of sp³-hybridized carbons (Fsp3) is 0.417. The second-order valence-electron chi connectivity index (χ2n) is 7.21. The van der Waals surface area contributed by atoms with Crippen molar-refractivity contribution < 1.29 is 14.3 Å². The van der Waals surface area contributed by atoms with E-state index in [-0.39, 0.29) is 35.9 Å². The number of benzene rings is 2. The zero-order valence-corrected chi connectivity index (χ0v) is 21.9. The number of hydrogen-bond acceptors (Lipinski definition) is 4. The van der Waals surface area contributed by atoms with E-state index in [1.807, 2.05) is 63.2 Å². The number of nitrogens with zero attached hydrogens (tertiary/aromatic N) is 1. The van der Waals surface area contributed by atoms with Gasteiger partial charge in [-0.15, -0.1) is 24.0 Å². The molecule has 1 unspecified atom stereocenters. The molecule has 1 atom stereocenters. The SMILES string of the molecule is CCNC(=NCc1ccc(C(=O)NC(C)CC)cc1)NCc1ccc(OC)cc1OC.I. The number of carbonyl (C=O) groups excluding carboxylic acids is 1. The molecule has 0 saturated carbocycles. The van der Waals surface area contributed by atoms with Gasteiger partial charge in [-0.2, -0.15) is 0 Å². The molecule has 0 aliphatic rings. The molecule has 2 aromatic rings. The second-order valence-corrected chi connectivity index (χ2v) is 7.21. The summed E-state index contributed by atoms with van der Waals surface area (Å²) < 4.78 is 10.7. The molecule has 176 valence electrons. The van der Waals surface area contributed by atoms with Crippen LogP contribution in [0, 0.1) is 0 Å². The number of carbonyl (C=O) groups is 1. The molecule has 0 saturated heterocycles. The first-order valence-electron chi connectivity index (χ1n) is 10.6. The first kappa shape index (κ1) is 27.5. The highest BCUT2D eigenvalue weighted by Gasteiger charge is 2.09. The molecule has 0 aliphatic carbocycles. The van der Waals surface area contributed by atoms with Gasteiger partial charge in [0.2, 0.25) is 0 Å². The van der Waals surface area contributed by atoms with Gasteiger partial charge in [0.25, 0.3) is 5.91 Å². The van der Waals surface area contributed by atoms with E-state index in [0.717, 1.165) is 35.6 Å². The van der Waals surface area contributed by atoms with Gasteiger partial charge in [-0.25, -0.2) is 4.99 Å². The Balaban J connectivity index is 0.00000512. The minimum Gasteiger partial charge on any atom is -0.497 e. The summed E-state index contributed by atoms with van der Waals surface area (Å²) in [5.74, 6) is 2.17. The van der Waals surface area contributed by atoms with Crippen LogP contribution in [0.4, 0.5) is 0 Å². The molecular formula is C24H35IN4O3. The van der Waals surface area contributed by atoms with E-state index in [0.29, 0.717) is 24.6 Å². The fourth-order valence-corrected chi connectivity index (χ4v) is 2.86. The summed E-state index contributed by atoms with van der Waals surface area (Å²) in [6, 6.07) is 13.4. The van der Waals surface area contributed by atoms with Gasteiger partial charge in [0.1, 0.15) is 11.5 Å². The molecule has 0 spiro atoms. The molecule has 2 rings (SSSR count). The van der Waals surface area contributed by atoms with Gasteiger partial charge in [-0.1, -0.05) is 19.1 Å². The number of amides is 1. The summed E-state index contributed by atoms with van der Waals surface area (Å²) in [5, 5.41) is 9.56. The third kappa shape index (κ3) is 8.57. The van der Waals surface area contributed by atoms with E-state index >= 15 is 0 Å². The Bertz CT molecular complexity index is 872. The van der Waals surface area contributed by atoms with Crippen LogP contribution in [0.5, 0.6) is 11.5 Å². The predicted molar refractivity (Wildman–Crippen MR) is 140 cm³/mol. The lowest BCUT2D eigenvalue weighted by atomic mass is 10.1. The van der Waals surface area contributed by atoms with Crippen molar-refractivity contribution in [3.8, 4) is 11.5 Å². The predicted octanol–water partition coefficient (Wildman–Crippen LogP) is 4.11. The molecule has 7 nitrogen and oxygen atoms in total. The molecule has 0 aromatic heterocycles. The van der Waals surface area contributed by atoms with Gasteiger partial charge in [0.05, 0.1) is 20.8 Å². The number of ether oxygens (including phenoxy) is 2. The van der Waals surface area contributed by atoms with Crippen molar-refractivity contribution >= 4 is 35.8 Å². The number of guanidine groups is 1. The molecule has 0 heterocycles. The van der Waals surface area contributed by atoms with Crippen LogP contribution in [0.25, 0.3) is 0 Å². The number of methoxy groups -OCH3 is 2. The summed E-state index contributed by atoms with van der Waals surface area (Å²) in [6.45, 7) is 7.89. The Labute approximate surface area is 208 Å². The van der Waals surface area contributed by atoms with Gasteiger partial charge >= 0.3 is 0 Å². The molecule has 0 aliphatic heterocycles. The van der Waals surface area contributed by atoms with Crippen LogP contribution in [0.1, 0.15) is 48.7 Å². The van der Waals surface area contributed by atoms with Gasteiger partial charge < -0.3 is 25.4 Å². The quantitative estimate of drug-likeness (QED) is 0.234. The van der Waals surface area contributed by atoms with E-state index in [4.69, 9.17) is 9.47 Å². The smallest absolute Gasteiger partial charge is 0.251 e. The Hall–Kier alpha value is -2.49. The molecular weight excluding hydrogens is 519 g/mol. The number of hydrogen-bond donors (Lipinski definition) is 3. The molecule has 1 amide bonds. The van der Waals surface area contributed by atoms with Crippen molar-refractivity contribution in [1.29, 1.82) is 0 Å². The van der Waals surface area contributed by atoms with Gasteiger partial charge in [0, 0.05) is 36.3 Å². The zero-order valence-electron chi connectivity index (χ0n) is 19.5. The Morgan fingerprint density at radius 3 is 2.34 bits per heavy atom. The van der Waals surface area contributed by atoms with Gasteiger partial charge in [-0.3, -0.25) is 4.79 Å². The summed E-state index contributed by atoms with van der Waals surface area (Å²) in [7, 11) is 3.28. The standard InChI is InChI=1S/C24H34N4O3.HI/c1-6-17(3)28-23(29)19-10-8-18(9-11-19)15-26-24(25-7-2)27-16-20-12-13-21(30-4)14-22(20)31-5;/h8-14,17H,6-7,15-16H2,1-5H3,(H,28,29)(H2,25,26,27);1H. The third-order valence-corrected chi connectivity index (χ3v) is 4.91. The molecule has 2 aromatic carbocycles. The molecule has 8 heteroatoms. The maximum atomic E-state index is 12.2. The van der Waals surface area contributed by atoms with E-state index in [2.05, 4.69) is 20.9 Å². The fourth-order valence-electron chi connectivity index (χ4n) is 2.86. The summed E-state index contributed by atoms with van der Waals surface area (Å²) >= 11 is 0. The Morgan fingerprint density at radius 2 is 1.75 bits per heavy atom. The first-order valence-corrected chi connectivity index (χ1v) is 10.6. The van der Waals surface area contributed by atoms with E-state index in [9.17, 15) is 4.79 Å². The van der Waals surface area contributed by atoms with Crippen LogP contribution in [-0.4, -0.2) is 38.7 Å². The lowest BCUT2D eigenvalue weighted by Gasteiger charge is -2.14. The highest BCUT2D eigenvalue weighted by Crippen LogP contribution is 2.24. The van der Waals surface area contributed by atoms with Crippen LogP contribution >= 0.6 is 24.0 Å². The van der Waals surface area contributed by atoms with Crippen LogP contribution in [0.3, 0.4) is 0 Å². The second kappa shape index (κ2) is 14.5. The van der Waals surface area contributed by atoms with Gasteiger partial charge in [-0.05, 0) is 50.1 Å². The van der Waals surface area contributed by atoms with Crippen LogP contribution in [0.2, 0.25) is 0 Å². The molecule has 0 bridgehead atoms. The largest absolute Gasteiger partial charge is 0.497 e. The number of nitrogens with one attached hydrogen (secondary N) is 3. The van der Waals surface area contributed by atoms with Crippen molar-refractivity contribution in [3.05, 3.63) is 59.2 Å². The molecule has 0 fully saturated rings. The Kier molecular flexibility index (Phi) is 12.5. The lowest BCUT2D eigenvalue weighted by Crippen LogP contribution is -2.36. The average molecular weight is 554 g/mol. The molecule has 0 radical (unpaired) electrons. The molecule has 3 N–H and O–H groups in total. The van der Waals surface area contributed by atoms with Crippen LogP contribution < -0.4 is 25.4 Å². The van der Waals surface area contributed by atoms with Crippen molar-refractivity contribution in [2.75, 3.05) is 20.8 Å². The maximum Gasteiger partial charge on any atom is 0.251 e. The van der Waals surface area contributed by atoms with Gasteiger partial charge in [0.15, 0.2) is 5.96 Å². The summed E-state index contributed by atoms with van der Waals surface area (Å²) in [4.78, 5) is 16.9. The topological polar surface area (TPSA) is 84.0 Å². The highest BCUT2D eigenvalue weighted by atomic mass is 127.